The lowest BCUT2D eigenvalue weighted by molar-refractivity contribution is -0.110. The third-order valence-electron chi connectivity index (χ3n) is 6.68. The van der Waals surface area contributed by atoms with E-state index in [9.17, 15) is 13.2 Å². The number of amides is 1. The average molecular weight is 472 g/mol. The van der Waals surface area contributed by atoms with Crippen molar-refractivity contribution in [1.82, 2.24) is 4.31 Å². The molecule has 1 saturated heterocycles. The van der Waals surface area contributed by atoms with Crippen molar-refractivity contribution in [3.05, 3.63) is 58.1 Å². The molecule has 0 spiro atoms. The first-order valence-corrected chi connectivity index (χ1v) is 12.9. The zero-order valence-electron chi connectivity index (χ0n) is 18.0. The second-order valence-electron chi connectivity index (χ2n) is 8.67. The third-order valence-corrected chi connectivity index (χ3v) is 8.81. The maximum atomic E-state index is 13.4. The maximum absolute atomic E-state index is 13.4. The van der Waals surface area contributed by atoms with Crippen LogP contribution in [0.2, 0.25) is 5.02 Å². The Bertz CT molecular complexity index is 1220. The number of anilines is 2. The van der Waals surface area contributed by atoms with Crippen molar-refractivity contribution in [3.63, 3.8) is 0 Å². The summed E-state index contributed by atoms with van der Waals surface area (Å²) >= 11 is 6.17. The number of carbonyl (C=O) groups excluding carboxylic acids is 1. The van der Waals surface area contributed by atoms with Crippen molar-refractivity contribution in [2.75, 3.05) is 36.4 Å². The molecule has 3 aliphatic rings. The van der Waals surface area contributed by atoms with E-state index in [1.165, 1.54) is 4.31 Å². The van der Waals surface area contributed by atoms with Gasteiger partial charge in [-0.1, -0.05) is 23.2 Å². The van der Waals surface area contributed by atoms with Gasteiger partial charge >= 0.3 is 0 Å². The van der Waals surface area contributed by atoms with Crippen LogP contribution >= 0.6 is 11.6 Å². The molecule has 8 heteroatoms. The number of rotatable bonds is 3. The van der Waals surface area contributed by atoms with Crippen LogP contribution in [0.4, 0.5) is 11.4 Å². The summed E-state index contributed by atoms with van der Waals surface area (Å²) in [5.41, 5.74) is 5.40. The Morgan fingerprint density at radius 1 is 0.969 bits per heavy atom. The zero-order valence-corrected chi connectivity index (χ0v) is 19.6. The zero-order chi connectivity index (χ0) is 22.5. The van der Waals surface area contributed by atoms with Gasteiger partial charge in [-0.15, -0.1) is 0 Å². The molecule has 1 aliphatic carbocycles. The van der Waals surface area contributed by atoms with Gasteiger partial charge in [0.05, 0.1) is 4.90 Å². The van der Waals surface area contributed by atoms with Gasteiger partial charge in [-0.3, -0.25) is 4.79 Å². The number of benzene rings is 2. The highest BCUT2D eigenvalue weighted by Gasteiger charge is 2.33. The fourth-order valence-electron chi connectivity index (χ4n) is 4.95. The number of nitrogens with zero attached hydrogens (tertiary/aromatic N) is 2. The summed E-state index contributed by atoms with van der Waals surface area (Å²) in [6, 6.07) is 10.8. The molecule has 0 unspecified atom stereocenters. The van der Waals surface area contributed by atoms with Gasteiger partial charge in [-0.25, -0.2) is 8.42 Å². The van der Waals surface area contributed by atoms with Crippen LogP contribution in [0.3, 0.4) is 0 Å². The van der Waals surface area contributed by atoms with Crippen LogP contribution in [-0.2, 0) is 14.8 Å². The van der Waals surface area contributed by atoms with E-state index in [0.717, 1.165) is 48.1 Å². The molecule has 0 aromatic heterocycles. The fraction of sp³-hybridized carbons (Fsp3) is 0.375. The summed E-state index contributed by atoms with van der Waals surface area (Å²) in [6.45, 7) is 4.03. The molecule has 2 aliphatic heterocycles. The minimum atomic E-state index is -3.65. The van der Waals surface area contributed by atoms with Crippen molar-refractivity contribution in [3.8, 4) is 0 Å². The lowest BCUT2D eigenvalue weighted by atomic mass is 10.00. The molecule has 0 bridgehead atoms. The second kappa shape index (κ2) is 8.21. The second-order valence-corrected chi connectivity index (χ2v) is 11.0. The number of halogens is 1. The molecule has 2 heterocycles. The minimum absolute atomic E-state index is 0.114. The van der Waals surface area contributed by atoms with E-state index in [4.69, 9.17) is 11.6 Å². The quantitative estimate of drug-likeness (QED) is 0.672. The summed E-state index contributed by atoms with van der Waals surface area (Å²) in [7, 11) is -3.65. The largest absolute Gasteiger partial charge is 0.369 e. The molecular weight excluding hydrogens is 446 g/mol. The van der Waals surface area contributed by atoms with Gasteiger partial charge in [0.25, 0.3) is 5.91 Å². The Morgan fingerprint density at radius 2 is 1.69 bits per heavy atom. The van der Waals surface area contributed by atoms with Crippen LogP contribution in [0.15, 0.2) is 46.9 Å². The summed E-state index contributed by atoms with van der Waals surface area (Å²) in [6.07, 6.45) is 3.97. The van der Waals surface area contributed by atoms with Crippen molar-refractivity contribution >= 4 is 44.5 Å². The number of allylic oxidation sites excluding steroid dienone is 1. The Morgan fingerprint density at radius 3 is 2.41 bits per heavy atom. The van der Waals surface area contributed by atoms with Crippen LogP contribution < -0.4 is 10.2 Å². The van der Waals surface area contributed by atoms with E-state index >= 15 is 0 Å². The standard InChI is InChI=1S/C24H26ClN3O3S/c1-16-6-7-18(25)14-22(16)27-10-12-28(13-11-27)32(30,31)19-8-9-21-20(15-19)23(24(29)26-21)17-4-2-3-5-17/h6-9,14-15H,2-5,10-13H2,1H3,(H,26,29). The van der Waals surface area contributed by atoms with Crippen LogP contribution in [0.25, 0.3) is 5.57 Å². The summed E-state index contributed by atoms with van der Waals surface area (Å²) in [4.78, 5) is 15.0. The molecule has 168 valence electrons. The van der Waals surface area contributed by atoms with E-state index in [2.05, 4.69) is 10.2 Å². The number of sulfonamides is 1. The highest BCUT2D eigenvalue weighted by atomic mass is 35.5. The van der Waals surface area contributed by atoms with Crippen LogP contribution in [0, 0.1) is 6.92 Å². The fourth-order valence-corrected chi connectivity index (χ4v) is 6.57. The van der Waals surface area contributed by atoms with Crippen molar-refractivity contribution in [2.45, 2.75) is 37.5 Å². The molecule has 5 rings (SSSR count). The monoisotopic (exact) mass is 471 g/mol. The molecule has 6 nitrogen and oxygen atoms in total. The summed E-state index contributed by atoms with van der Waals surface area (Å²) in [5, 5.41) is 3.57. The Labute approximate surface area is 193 Å². The van der Waals surface area contributed by atoms with Gasteiger partial charge in [-0.2, -0.15) is 4.31 Å². The predicted octanol–water partition coefficient (Wildman–Crippen LogP) is 4.44. The molecule has 0 atom stereocenters. The topological polar surface area (TPSA) is 69.7 Å². The highest BCUT2D eigenvalue weighted by molar-refractivity contribution is 7.89. The van der Waals surface area contributed by atoms with E-state index in [1.807, 2.05) is 25.1 Å². The molecule has 32 heavy (non-hydrogen) atoms. The van der Waals surface area contributed by atoms with Crippen LogP contribution in [-0.4, -0.2) is 44.8 Å². The van der Waals surface area contributed by atoms with Gasteiger partial charge < -0.3 is 10.2 Å². The highest BCUT2D eigenvalue weighted by Crippen LogP contribution is 2.40. The van der Waals surface area contributed by atoms with Gasteiger partial charge in [-0.05, 0) is 68.5 Å². The Kier molecular flexibility index (Phi) is 5.51. The molecule has 1 amide bonds. The van der Waals surface area contributed by atoms with Crippen molar-refractivity contribution in [1.29, 1.82) is 0 Å². The van der Waals surface area contributed by atoms with Crippen LogP contribution in [0.1, 0.15) is 36.8 Å². The lowest BCUT2D eigenvalue weighted by Crippen LogP contribution is -2.48. The average Bonchev–Trinajstić information content (AvgIpc) is 3.41. The van der Waals surface area contributed by atoms with E-state index in [1.54, 1.807) is 18.2 Å². The lowest BCUT2D eigenvalue weighted by Gasteiger charge is -2.36. The molecule has 1 saturated carbocycles. The number of hydrogen-bond acceptors (Lipinski definition) is 4. The summed E-state index contributed by atoms with van der Waals surface area (Å²) in [5.74, 6) is -0.114. The smallest absolute Gasteiger partial charge is 0.256 e. The minimum Gasteiger partial charge on any atom is -0.369 e. The van der Waals surface area contributed by atoms with Gasteiger partial charge in [0.15, 0.2) is 0 Å². The van der Waals surface area contributed by atoms with Crippen LogP contribution in [0.5, 0.6) is 0 Å². The van der Waals surface area contributed by atoms with Gasteiger partial charge in [0, 0.05) is 53.7 Å². The molecule has 2 aromatic rings. The predicted molar refractivity (Wildman–Crippen MR) is 128 cm³/mol. The molecule has 0 radical (unpaired) electrons. The SMILES string of the molecule is Cc1ccc(Cl)cc1N1CCN(S(=O)(=O)c2ccc3c(c2)C(=C2CCCC2)C(=O)N3)CC1. The third kappa shape index (κ3) is 3.72. The molecular formula is C24H26ClN3O3S. The molecule has 2 fully saturated rings. The maximum Gasteiger partial charge on any atom is 0.256 e. The van der Waals surface area contributed by atoms with Gasteiger partial charge in [0.1, 0.15) is 0 Å². The normalized spacial score (nSPS) is 19.4. The number of aryl methyl sites for hydroxylation is 1. The number of nitrogens with one attached hydrogen (secondary N) is 1. The number of piperazine rings is 1. The van der Waals surface area contributed by atoms with E-state index in [-0.39, 0.29) is 10.8 Å². The van der Waals surface area contributed by atoms with Gasteiger partial charge in [0.2, 0.25) is 10.0 Å². The first kappa shape index (κ1) is 21.5. The van der Waals surface area contributed by atoms with E-state index in [0.29, 0.717) is 42.5 Å². The first-order valence-electron chi connectivity index (χ1n) is 11.0. The number of carbonyl (C=O) groups is 1. The number of hydrogen-bond donors (Lipinski definition) is 1. The molecule has 1 N–H and O–H groups in total. The Hall–Kier alpha value is -2.35. The Balaban J connectivity index is 1.39. The molecule has 2 aromatic carbocycles. The number of fused-ring (bicyclic) bond motifs is 1. The summed E-state index contributed by atoms with van der Waals surface area (Å²) < 4.78 is 28.4. The van der Waals surface area contributed by atoms with Crippen molar-refractivity contribution in [2.24, 2.45) is 0 Å². The van der Waals surface area contributed by atoms with E-state index < -0.39 is 10.0 Å². The first-order chi connectivity index (χ1) is 15.3. The van der Waals surface area contributed by atoms with Crippen molar-refractivity contribution < 1.29 is 13.2 Å².